The standard InChI is InChI=1S/C19H13N3O4S2/c23-22(24)16-9-2-4-11-18(16)28(25,26)21-14-7-5-6-13(12-14)19-20-15-8-1-3-10-17(15)27-19/h1-12,21H. The van der Waals surface area contributed by atoms with E-state index in [0.717, 1.165) is 26.9 Å². The van der Waals surface area contributed by atoms with Crippen molar-refractivity contribution in [2.24, 2.45) is 0 Å². The second-order valence-corrected chi connectivity index (χ2v) is 8.58. The third-order valence-electron chi connectivity index (χ3n) is 4.01. The van der Waals surface area contributed by atoms with Gasteiger partial charge in [0.15, 0.2) is 4.90 Å². The van der Waals surface area contributed by atoms with Crippen LogP contribution in [0.1, 0.15) is 0 Å². The molecule has 0 saturated heterocycles. The van der Waals surface area contributed by atoms with Crippen molar-refractivity contribution in [2.45, 2.75) is 4.90 Å². The lowest BCUT2D eigenvalue weighted by Crippen LogP contribution is -2.14. The van der Waals surface area contributed by atoms with E-state index >= 15 is 0 Å². The van der Waals surface area contributed by atoms with Crippen LogP contribution in [0, 0.1) is 10.1 Å². The topological polar surface area (TPSA) is 102 Å². The summed E-state index contributed by atoms with van der Waals surface area (Å²) < 4.78 is 28.8. The van der Waals surface area contributed by atoms with E-state index in [4.69, 9.17) is 0 Å². The van der Waals surface area contributed by atoms with Gasteiger partial charge in [0.2, 0.25) is 0 Å². The van der Waals surface area contributed by atoms with Crippen LogP contribution in [0.5, 0.6) is 0 Å². The van der Waals surface area contributed by atoms with Gasteiger partial charge < -0.3 is 0 Å². The van der Waals surface area contributed by atoms with Crippen molar-refractivity contribution in [1.29, 1.82) is 0 Å². The molecule has 1 aromatic heterocycles. The van der Waals surface area contributed by atoms with Crippen LogP contribution in [0.15, 0.2) is 77.7 Å². The molecule has 3 aromatic carbocycles. The molecule has 140 valence electrons. The molecule has 0 aliphatic carbocycles. The molecule has 0 bridgehead atoms. The van der Waals surface area contributed by atoms with Gasteiger partial charge in [-0.05, 0) is 30.3 Å². The summed E-state index contributed by atoms with van der Waals surface area (Å²) in [5.74, 6) is 0. The molecule has 0 aliphatic rings. The Kier molecular flexibility index (Phi) is 4.54. The fourth-order valence-electron chi connectivity index (χ4n) is 2.76. The maximum absolute atomic E-state index is 12.7. The highest BCUT2D eigenvalue weighted by molar-refractivity contribution is 7.92. The molecule has 0 amide bonds. The molecule has 0 saturated carbocycles. The summed E-state index contributed by atoms with van der Waals surface area (Å²) in [6, 6.07) is 19.7. The Morgan fingerprint density at radius 1 is 0.964 bits per heavy atom. The number of hydrogen-bond donors (Lipinski definition) is 1. The first kappa shape index (κ1) is 18.1. The van der Waals surface area contributed by atoms with Crippen LogP contribution in [-0.4, -0.2) is 18.3 Å². The zero-order valence-electron chi connectivity index (χ0n) is 14.3. The van der Waals surface area contributed by atoms with Crippen LogP contribution in [0.4, 0.5) is 11.4 Å². The molecule has 9 heteroatoms. The first-order valence-corrected chi connectivity index (χ1v) is 10.5. The van der Waals surface area contributed by atoms with E-state index in [1.165, 1.54) is 29.5 Å². The highest BCUT2D eigenvalue weighted by Crippen LogP contribution is 2.32. The molecule has 0 aliphatic heterocycles. The molecule has 4 aromatic rings. The molecule has 4 rings (SSSR count). The van der Waals surface area contributed by atoms with Gasteiger partial charge in [-0.2, -0.15) is 0 Å². The molecule has 0 spiro atoms. The number of anilines is 1. The van der Waals surface area contributed by atoms with Gasteiger partial charge in [0.05, 0.1) is 15.1 Å². The molecular formula is C19H13N3O4S2. The predicted molar refractivity (Wildman–Crippen MR) is 109 cm³/mol. The maximum Gasteiger partial charge on any atom is 0.289 e. The van der Waals surface area contributed by atoms with E-state index < -0.39 is 20.6 Å². The minimum Gasteiger partial charge on any atom is -0.279 e. The molecule has 0 atom stereocenters. The highest BCUT2D eigenvalue weighted by atomic mass is 32.2. The molecule has 0 fully saturated rings. The van der Waals surface area contributed by atoms with E-state index in [1.807, 2.05) is 30.3 Å². The average molecular weight is 411 g/mol. The van der Waals surface area contributed by atoms with E-state index in [9.17, 15) is 18.5 Å². The van der Waals surface area contributed by atoms with Crippen molar-refractivity contribution >= 4 is 43.0 Å². The van der Waals surface area contributed by atoms with E-state index in [-0.39, 0.29) is 4.90 Å². The number of para-hydroxylation sites is 2. The number of hydrogen-bond acceptors (Lipinski definition) is 6. The van der Waals surface area contributed by atoms with Gasteiger partial charge in [0.25, 0.3) is 15.7 Å². The summed E-state index contributed by atoms with van der Waals surface area (Å²) in [5.41, 5.74) is 1.45. The fraction of sp³-hybridized carbons (Fsp3) is 0. The van der Waals surface area contributed by atoms with Gasteiger partial charge in [-0.1, -0.05) is 36.4 Å². The zero-order chi connectivity index (χ0) is 19.7. The largest absolute Gasteiger partial charge is 0.289 e. The van der Waals surface area contributed by atoms with E-state index in [1.54, 1.807) is 18.2 Å². The lowest BCUT2D eigenvalue weighted by molar-refractivity contribution is -0.387. The monoisotopic (exact) mass is 411 g/mol. The third-order valence-corrected chi connectivity index (χ3v) is 6.52. The Morgan fingerprint density at radius 3 is 2.50 bits per heavy atom. The smallest absolute Gasteiger partial charge is 0.279 e. The van der Waals surface area contributed by atoms with Crippen molar-refractivity contribution in [3.63, 3.8) is 0 Å². The number of nitro groups is 1. The van der Waals surface area contributed by atoms with Gasteiger partial charge >= 0.3 is 0 Å². The average Bonchev–Trinajstić information content (AvgIpc) is 3.12. The number of nitrogens with zero attached hydrogens (tertiary/aromatic N) is 2. The molecule has 0 unspecified atom stereocenters. The van der Waals surface area contributed by atoms with E-state index in [2.05, 4.69) is 9.71 Å². The van der Waals surface area contributed by atoms with Crippen molar-refractivity contribution in [2.75, 3.05) is 4.72 Å². The second kappa shape index (κ2) is 7.02. The zero-order valence-corrected chi connectivity index (χ0v) is 15.9. The summed E-state index contributed by atoms with van der Waals surface area (Å²) >= 11 is 1.50. The molecular weight excluding hydrogens is 398 g/mol. The van der Waals surface area contributed by atoms with Gasteiger partial charge in [-0.25, -0.2) is 13.4 Å². The number of rotatable bonds is 5. The van der Waals surface area contributed by atoms with Crippen molar-refractivity contribution in [3.8, 4) is 10.6 Å². The molecule has 7 nitrogen and oxygen atoms in total. The predicted octanol–water partition coefficient (Wildman–Crippen LogP) is 4.67. The minimum atomic E-state index is -4.12. The van der Waals surface area contributed by atoms with Crippen LogP contribution in [-0.2, 0) is 10.0 Å². The Balaban J connectivity index is 1.69. The number of sulfonamides is 1. The third kappa shape index (κ3) is 3.45. The number of aromatic nitrogens is 1. The Hall–Kier alpha value is -3.30. The van der Waals surface area contributed by atoms with Crippen molar-refractivity contribution in [3.05, 3.63) is 82.9 Å². The molecule has 1 N–H and O–H groups in total. The first-order chi connectivity index (χ1) is 13.4. The van der Waals surface area contributed by atoms with Gasteiger partial charge in [-0.3, -0.25) is 14.8 Å². The number of thiazole rings is 1. The summed E-state index contributed by atoms with van der Waals surface area (Å²) in [4.78, 5) is 14.6. The maximum atomic E-state index is 12.7. The van der Waals surface area contributed by atoms with Gasteiger partial charge in [-0.15, -0.1) is 11.3 Å². The summed E-state index contributed by atoms with van der Waals surface area (Å²) in [6.45, 7) is 0. The SMILES string of the molecule is O=[N+]([O-])c1ccccc1S(=O)(=O)Nc1cccc(-c2nc3ccccc3s2)c1. The summed E-state index contributed by atoms with van der Waals surface area (Å²) in [5, 5.41) is 11.9. The minimum absolute atomic E-state index is 0.301. The quantitative estimate of drug-likeness (QED) is 0.380. The number of fused-ring (bicyclic) bond motifs is 1. The lowest BCUT2D eigenvalue weighted by atomic mass is 10.2. The second-order valence-electron chi connectivity index (χ2n) is 5.90. The fourth-order valence-corrected chi connectivity index (χ4v) is 4.94. The molecule has 28 heavy (non-hydrogen) atoms. The van der Waals surface area contributed by atoms with Crippen LogP contribution in [0.2, 0.25) is 0 Å². The van der Waals surface area contributed by atoms with Crippen molar-refractivity contribution < 1.29 is 13.3 Å². The molecule has 0 radical (unpaired) electrons. The summed E-state index contributed by atoms with van der Waals surface area (Å²) in [7, 11) is -4.12. The number of nitro benzene ring substituents is 1. The Morgan fingerprint density at radius 2 is 1.71 bits per heavy atom. The summed E-state index contributed by atoms with van der Waals surface area (Å²) in [6.07, 6.45) is 0. The Labute approximate surface area is 164 Å². The first-order valence-electron chi connectivity index (χ1n) is 8.16. The van der Waals surface area contributed by atoms with Crippen molar-refractivity contribution in [1.82, 2.24) is 4.98 Å². The van der Waals surface area contributed by atoms with Crippen LogP contribution in [0.3, 0.4) is 0 Å². The van der Waals surface area contributed by atoms with Crippen LogP contribution >= 0.6 is 11.3 Å². The highest BCUT2D eigenvalue weighted by Gasteiger charge is 2.25. The number of benzene rings is 3. The lowest BCUT2D eigenvalue weighted by Gasteiger charge is -2.09. The van der Waals surface area contributed by atoms with Gasteiger partial charge in [0, 0.05) is 17.3 Å². The number of nitrogens with one attached hydrogen (secondary N) is 1. The van der Waals surface area contributed by atoms with Crippen LogP contribution < -0.4 is 4.72 Å². The Bertz CT molecular complexity index is 1270. The van der Waals surface area contributed by atoms with E-state index in [0.29, 0.717) is 5.69 Å². The normalized spacial score (nSPS) is 11.4. The van der Waals surface area contributed by atoms with Gasteiger partial charge in [0.1, 0.15) is 5.01 Å². The van der Waals surface area contributed by atoms with Crippen LogP contribution in [0.25, 0.3) is 20.8 Å². The molecule has 1 heterocycles.